The van der Waals surface area contributed by atoms with Crippen LogP contribution in [0.5, 0.6) is 5.75 Å². The van der Waals surface area contributed by atoms with Gasteiger partial charge in [0.15, 0.2) is 5.96 Å². The first kappa shape index (κ1) is 26.2. The zero-order valence-corrected chi connectivity index (χ0v) is 17.4. The van der Waals surface area contributed by atoms with E-state index in [2.05, 4.69) is 20.9 Å². The monoisotopic (exact) mass is 451 g/mol. The second-order valence-corrected chi connectivity index (χ2v) is 6.82. The van der Waals surface area contributed by atoms with Crippen molar-refractivity contribution in [3.8, 4) is 5.75 Å². The molecule has 0 aliphatic carbocycles. The summed E-state index contributed by atoms with van der Waals surface area (Å²) in [7, 11) is 0. The van der Waals surface area contributed by atoms with Gasteiger partial charge in [0.05, 0.1) is 13.1 Å². The minimum Gasteiger partial charge on any atom is -0.508 e. The highest BCUT2D eigenvalue weighted by molar-refractivity contribution is 5.91. The molecule has 2 atom stereocenters. The third-order valence-corrected chi connectivity index (χ3v) is 4.22. The smallest absolute Gasteiger partial charge is 0.326 e. The lowest BCUT2D eigenvalue weighted by atomic mass is 10.1. The first-order valence-corrected chi connectivity index (χ1v) is 9.75. The van der Waals surface area contributed by atoms with Crippen molar-refractivity contribution in [3.05, 3.63) is 29.8 Å². The van der Waals surface area contributed by atoms with E-state index in [0.717, 1.165) is 0 Å². The second-order valence-electron chi connectivity index (χ2n) is 6.82. The predicted molar refractivity (Wildman–Crippen MR) is 115 cm³/mol. The van der Waals surface area contributed by atoms with Crippen molar-refractivity contribution in [2.45, 2.75) is 31.3 Å². The third kappa shape index (κ3) is 10.2. The largest absolute Gasteiger partial charge is 0.508 e. The summed E-state index contributed by atoms with van der Waals surface area (Å²) in [6.45, 7) is -0.584. The Morgan fingerprint density at radius 2 is 1.62 bits per heavy atom. The van der Waals surface area contributed by atoms with Gasteiger partial charge in [-0.2, -0.15) is 0 Å². The number of hydrogen-bond donors (Lipinski definition) is 8. The zero-order valence-electron chi connectivity index (χ0n) is 17.4. The van der Waals surface area contributed by atoms with Gasteiger partial charge in [0.25, 0.3) is 0 Å². The van der Waals surface area contributed by atoms with E-state index in [-0.39, 0.29) is 37.6 Å². The van der Waals surface area contributed by atoms with E-state index in [1.165, 1.54) is 24.3 Å². The number of carbonyl (C=O) groups is 4. The van der Waals surface area contributed by atoms with Crippen LogP contribution in [0.2, 0.25) is 0 Å². The Kier molecular flexibility index (Phi) is 11.0. The molecule has 0 fully saturated rings. The first-order chi connectivity index (χ1) is 15.1. The fraction of sp³-hybridized carbons (Fsp3) is 0.421. The molecule has 13 heteroatoms. The lowest BCUT2D eigenvalue weighted by Crippen LogP contribution is -2.51. The number of phenolic OH excluding ortho intramolecular Hbond substituents is 1. The maximum Gasteiger partial charge on any atom is 0.326 e. The van der Waals surface area contributed by atoms with Gasteiger partial charge in [0.1, 0.15) is 17.8 Å². The summed E-state index contributed by atoms with van der Waals surface area (Å²) in [5.74, 6) is -3.26. The van der Waals surface area contributed by atoms with Gasteiger partial charge < -0.3 is 43.4 Å². The minimum atomic E-state index is -1.26. The van der Waals surface area contributed by atoms with Gasteiger partial charge in [-0.25, -0.2) is 4.79 Å². The second kappa shape index (κ2) is 13.4. The minimum absolute atomic E-state index is 0.0186. The maximum atomic E-state index is 12.4. The summed E-state index contributed by atoms with van der Waals surface area (Å²) in [5, 5.41) is 25.8. The van der Waals surface area contributed by atoms with Crippen molar-refractivity contribution in [2.24, 2.45) is 22.2 Å². The Morgan fingerprint density at radius 1 is 1.00 bits per heavy atom. The van der Waals surface area contributed by atoms with Crippen LogP contribution in [0.3, 0.4) is 0 Å². The Morgan fingerprint density at radius 3 is 2.19 bits per heavy atom. The molecule has 11 N–H and O–H groups in total. The highest BCUT2D eigenvalue weighted by Crippen LogP contribution is 2.11. The molecule has 0 aromatic heterocycles. The summed E-state index contributed by atoms with van der Waals surface area (Å²) in [4.78, 5) is 51.4. The fourth-order valence-electron chi connectivity index (χ4n) is 2.63. The molecular formula is C19H29N7O6. The Bertz CT molecular complexity index is 824. The summed E-state index contributed by atoms with van der Waals surface area (Å²) >= 11 is 0. The number of hydrogen-bond acceptors (Lipinski definition) is 7. The molecule has 176 valence electrons. The molecular weight excluding hydrogens is 422 g/mol. The number of guanidine groups is 1. The van der Waals surface area contributed by atoms with Crippen molar-refractivity contribution < 1.29 is 29.4 Å². The van der Waals surface area contributed by atoms with Crippen molar-refractivity contribution in [3.63, 3.8) is 0 Å². The number of rotatable bonds is 13. The molecule has 0 aliphatic rings. The Labute approximate surface area is 184 Å². The van der Waals surface area contributed by atoms with E-state index in [1.807, 2.05) is 0 Å². The van der Waals surface area contributed by atoms with Crippen LogP contribution in [0.4, 0.5) is 0 Å². The van der Waals surface area contributed by atoms with Crippen LogP contribution in [-0.2, 0) is 25.6 Å². The summed E-state index contributed by atoms with van der Waals surface area (Å²) in [6.07, 6.45) is 0.546. The molecule has 1 aromatic rings. The molecule has 0 bridgehead atoms. The van der Waals surface area contributed by atoms with Gasteiger partial charge in [0, 0.05) is 13.0 Å². The number of aliphatic imine (C=N–C) groups is 1. The molecule has 1 rings (SSSR count). The number of benzene rings is 1. The lowest BCUT2D eigenvalue weighted by Gasteiger charge is -2.19. The average molecular weight is 451 g/mol. The maximum absolute atomic E-state index is 12.4. The standard InChI is InChI=1S/C19H29N7O6/c20-9-15(28)25-13(2-1-7-23-19(21)22)17(30)24-10-16(29)26-14(18(31)32)8-11-3-5-12(27)6-4-11/h3-6,13-14,27H,1-2,7-10,20H2,(H,24,30)(H,25,28)(H,26,29)(H,31,32)(H4,21,22,23). The third-order valence-electron chi connectivity index (χ3n) is 4.22. The highest BCUT2D eigenvalue weighted by atomic mass is 16.4. The molecule has 2 unspecified atom stereocenters. The van der Waals surface area contributed by atoms with E-state index in [1.54, 1.807) is 0 Å². The number of amides is 3. The van der Waals surface area contributed by atoms with E-state index in [4.69, 9.17) is 17.2 Å². The molecule has 0 saturated carbocycles. The molecule has 0 aliphatic heterocycles. The van der Waals surface area contributed by atoms with Crippen LogP contribution in [0.25, 0.3) is 0 Å². The lowest BCUT2D eigenvalue weighted by molar-refractivity contribution is -0.141. The molecule has 0 spiro atoms. The zero-order chi connectivity index (χ0) is 24.1. The van der Waals surface area contributed by atoms with Gasteiger partial charge in [-0.1, -0.05) is 12.1 Å². The van der Waals surface area contributed by atoms with Gasteiger partial charge >= 0.3 is 5.97 Å². The predicted octanol–water partition coefficient (Wildman–Crippen LogP) is -2.88. The van der Waals surface area contributed by atoms with E-state index < -0.39 is 42.3 Å². The van der Waals surface area contributed by atoms with Gasteiger partial charge in [-0.05, 0) is 30.5 Å². The quantitative estimate of drug-likeness (QED) is 0.0871. The van der Waals surface area contributed by atoms with Crippen molar-refractivity contribution in [1.29, 1.82) is 0 Å². The highest BCUT2D eigenvalue weighted by Gasteiger charge is 2.23. The Hall–Kier alpha value is -3.87. The molecule has 3 amide bonds. The molecule has 13 nitrogen and oxygen atoms in total. The summed E-state index contributed by atoms with van der Waals surface area (Å²) < 4.78 is 0. The molecule has 0 radical (unpaired) electrons. The SMILES string of the molecule is NCC(=O)NC(CCCN=C(N)N)C(=O)NCC(=O)NC(Cc1ccc(O)cc1)C(=O)O. The average Bonchev–Trinajstić information content (AvgIpc) is 2.74. The number of aromatic hydroxyl groups is 1. The number of nitrogens with zero attached hydrogens (tertiary/aromatic N) is 1. The summed E-state index contributed by atoms with van der Waals surface area (Å²) in [5.41, 5.74) is 16.3. The number of carboxylic acids is 1. The normalized spacial score (nSPS) is 12.2. The molecule has 0 heterocycles. The Balaban J connectivity index is 2.62. The van der Waals surface area contributed by atoms with Gasteiger partial charge in [0.2, 0.25) is 17.7 Å². The topological polar surface area (TPSA) is 235 Å². The molecule has 32 heavy (non-hydrogen) atoms. The number of nitrogens with one attached hydrogen (secondary N) is 3. The molecule has 0 saturated heterocycles. The number of phenols is 1. The van der Waals surface area contributed by atoms with Crippen LogP contribution in [-0.4, -0.2) is 71.6 Å². The van der Waals surface area contributed by atoms with Gasteiger partial charge in [-0.3, -0.25) is 19.4 Å². The van der Waals surface area contributed by atoms with Crippen LogP contribution in [0, 0.1) is 0 Å². The first-order valence-electron chi connectivity index (χ1n) is 9.75. The van der Waals surface area contributed by atoms with Crippen LogP contribution >= 0.6 is 0 Å². The molecule has 1 aromatic carbocycles. The fourth-order valence-corrected chi connectivity index (χ4v) is 2.63. The van der Waals surface area contributed by atoms with Crippen LogP contribution in [0.1, 0.15) is 18.4 Å². The van der Waals surface area contributed by atoms with Crippen LogP contribution in [0.15, 0.2) is 29.3 Å². The van der Waals surface area contributed by atoms with Crippen molar-refractivity contribution >= 4 is 29.7 Å². The van der Waals surface area contributed by atoms with Gasteiger partial charge in [-0.15, -0.1) is 0 Å². The summed E-state index contributed by atoms with van der Waals surface area (Å²) in [6, 6.07) is 3.66. The van der Waals surface area contributed by atoms with E-state index in [9.17, 15) is 29.4 Å². The van der Waals surface area contributed by atoms with E-state index >= 15 is 0 Å². The van der Waals surface area contributed by atoms with Crippen LogP contribution < -0.4 is 33.2 Å². The van der Waals surface area contributed by atoms with Crippen molar-refractivity contribution in [1.82, 2.24) is 16.0 Å². The number of carbonyl (C=O) groups excluding carboxylic acids is 3. The number of aliphatic carboxylic acids is 1. The number of carboxylic acid groups (broad SMARTS) is 1. The number of nitrogens with two attached hydrogens (primary N) is 3. The van der Waals surface area contributed by atoms with Crippen molar-refractivity contribution in [2.75, 3.05) is 19.6 Å². The van der Waals surface area contributed by atoms with E-state index in [0.29, 0.717) is 12.0 Å².